The van der Waals surface area contributed by atoms with E-state index in [-0.39, 0.29) is 0 Å². The first-order chi connectivity index (χ1) is 10.3. The number of rotatable bonds is 5. The molecule has 2 aromatic rings. The van der Waals surface area contributed by atoms with Crippen LogP contribution in [0.15, 0.2) is 42.6 Å². The molecular formula is C16H21N5. The minimum absolute atomic E-state index is 0.556. The molecule has 1 aromatic carbocycles. The lowest BCUT2D eigenvalue weighted by Crippen LogP contribution is -2.29. The molecule has 0 saturated carbocycles. The Morgan fingerprint density at radius 3 is 2.86 bits per heavy atom. The van der Waals surface area contributed by atoms with Crippen molar-refractivity contribution < 1.29 is 0 Å². The van der Waals surface area contributed by atoms with Crippen molar-refractivity contribution in [3.63, 3.8) is 0 Å². The number of hydrogen-bond acceptors (Lipinski definition) is 5. The van der Waals surface area contributed by atoms with Crippen molar-refractivity contribution in [1.29, 1.82) is 0 Å². The van der Waals surface area contributed by atoms with E-state index in [0.717, 1.165) is 31.9 Å². The Morgan fingerprint density at radius 2 is 2.10 bits per heavy atom. The Hall–Kier alpha value is -2.14. The summed E-state index contributed by atoms with van der Waals surface area (Å²) in [6.45, 7) is 2.79. The van der Waals surface area contributed by atoms with Crippen molar-refractivity contribution >= 4 is 11.8 Å². The van der Waals surface area contributed by atoms with Crippen LogP contribution in [0.25, 0.3) is 0 Å². The largest absolute Gasteiger partial charge is 0.355 e. The second-order valence-corrected chi connectivity index (χ2v) is 5.30. The molecule has 110 valence electrons. The smallest absolute Gasteiger partial charge is 0.224 e. The molecule has 0 radical (unpaired) electrons. The predicted octanol–water partition coefficient (Wildman–Crippen LogP) is 1.89. The number of aromatic nitrogens is 2. The van der Waals surface area contributed by atoms with Crippen LogP contribution in [0.1, 0.15) is 12.0 Å². The lowest BCUT2D eigenvalue weighted by Gasteiger charge is -2.17. The van der Waals surface area contributed by atoms with Crippen LogP contribution in [0, 0.1) is 0 Å². The molecule has 0 amide bonds. The van der Waals surface area contributed by atoms with Crippen LogP contribution in [0.5, 0.6) is 0 Å². The molecule has 1 aliphatic heterocycles. The number of likely N-dealkylation sites (N-methyl/N-ethyl adjacent to an activating group) is 1. The van der Waals surface area contributed by atoms with E-state index in [1.807, 2.05) is 37.5 Å². The first-order valence-corrected chi connectivity index (χ1v) is 7.38. The number of hydrogen-bond donors (Lipinski definition) is 2. The zero-order chi connectivity index (χ0) is 14.5. The minimum atomic E-state index is 0.556. The highest BCUT2D eigenvalue weighted by Crippen LogP contribution is 2.18. The van der Waals surface area contributed by atoms with Gasteiger partial charge in [-0.3, -0.25) is 0 Å². The highest BCUT2D eigenvalue weighted by Gasteiger charge is 2.22. The van der Waals surface area contributed by atoms with Crippen molar-refractivity contribution in [3.05, 3.63) is 48.2 Å². The fraction of sp³-hybridized carbons (Fsp3) is 0.375. The van der Waals surface area contributed by atoms with E-state index < -0.39 is 0 Å². The van der Waals surface area contributed by atoms with Gasteiger partial charge in [0.1, 0.15) is 5.82 Å². The highest BCUT2D eigenvalue weighted by molar-refractivity contribution is 5.44. The van der Waals surface area contributed by atoms with Crippen LogP contribution < -0.4 is 15.5 Å². The monoisotopic (exact) mass is 283 g/mol. The zero-order valence-electron chi connectivity index (χ0n) is 12.3. The number of benzene rings is 1. The molecule has 1 unspecified atom stereocenters. The molecule has 2 heterocycles. The zero-order valence-corrected chi connectivity index (χ0v) is 12.3. The van der Waals surface area contributed by atoms with E-state index in [1.54, 1.807) is 0 Å². The summed E-state index contributed by atoms with van der Waals surface area (Å²) in [5.41, 5.74) is 1.22. The van der Waals surface area contributed by atoms with Gasteiger partial charge in [-0.2, -0.15) is 4.98 Å². The van der Waals surface area contributed by atoms with Crippen molar-refractivity contribution in [2.45, 2.75) is 19.0 Å². The Morgan fingerprint density at radius 1 is 1.24 bits per heavy atom. The minimum Gasteiger partial charge on any atom is -0.355 e. The normalized spacial score (nSPS) is 18.0. The summed E-state index contributed by atoms with van der Waals surface area (Å²) < 4.78 is 0. The molecule has 0 aliphatic carbocycles. The first kappa shape index (κ1) is 13.8. The Balaban J connectivity index is 1.63. The fourth-order valence-electron chi connectivity index (χ4n) is 2.59. The Kier molecular flexibility index (Phi) is 4.31. The Labute approximate surface area is 125 Å². The van der Waals surface area contributed by atoms with Crippen molar-refractivity contribution in [1.82, 2.24) is 15.3 Å². The van der Waals surface area contributed by atoms with Gasteiger partial charge in [-0.15, -0.1) is 0 Å². The van der Waals surface area contributed by atoms with E-state index in [2.05, 4.69) is 37.6 Å². The van der Waals surface area contributed by atoms with Gasteiger partial charge in [-0.25, -0.2) is 4.98 Å². The molecule has 1 saturated heterocycles. The molecule has 1 aliphatic rings. The molecule has 3 rings (SSSR count). The molecule has 1 atom stereocenters. The Bertz CT molecular complexity index is 572. The molecule has 21 heavy (non-hydrogen) atoms. The van der Waals surface area contributed by atoms with Crippen molar-refractivity contribution in [2.24, 2.45) is 0 Å². The third-order valence-corrected chi connectivity index (χ3v) is 3.85. The first-order valence-electron chi connectivity index (χ1n) is 7.38. The summed E-state index contributed by atoms with van der Waals surface area (Å²) in [7, 11) is 2.01. The third-order valence-electron chi connectivity index (χ3n) is 3.85. The van der Waals surface area contributed by atoms with E-state index in [9.17, 15) is 0 Å². The maximum atomic E-state index is 4.61. The summed E-state index contributed by atoms with van der Waals surface area (Å²) >= 11 is 0. The van der Waals surface area contributed by atoms with Gasteiger partial charge >= 0.3 is 0 Å². The predicted molar refractivity (Wildman–Crippen MR) is 85.5 cm³/mol. The number of nitrogens with zero attached hydrogens (tertiary/aromatic N) is 3. The SMILES string of the molecule is CNC1CCN(c2ccnc(NCc3ccccc3)n2)C1. The summed E-state index contributed by atoms with van der Waals surface area (Å²) in [4.78, 5) is 11.2. The van der Waals surface area contributed by atoms with E-state index >= 15 is 0 Å². The van der Waals surface area contributed by atoms with Gasteiger partial charge < -0.3 is 15.5 Å². The summed E-state index contributed by atoms with van der Waals surface area (Å²) in [5, 5.41) is 6.61. The quantitative estimate of drug-likeness (QED) is 0.877. The van der Waals surface area contributed by atoms with Gasteiger partial charge in [0.05, 0.1) is 0 Å². The summed E-state index contributed by atoms with van der Waals surface area (Å²) in [5.74, 6) is 1.68. The molecule has 0 spiro atoms. The van der Waals surface area contributed by atoms with Gasteiger partial charge in [0.2, 0.25) is 5.95 Å². The average molecular weight is 283 g/mol. The van der Waals surface area contributed by atoms with Gasteiger partial charge in [0.15, 0.2) is 0 Å². The van der Waals surface area contributed by atoms with Gasteiger partial charge in [0.25, 0.3) is 0 Å². The molecule has 1 fully saturated rings. The topological polar surface area (TPSA) is 53.1 Å². The molecule has 1 aromatic heterocycles. The van der Waals surface area contributed by atoms with Crippen LogP contribution in [0.2, 0.25) is 0 Å². The van der Waals surface area contributed by atoms with Crippen LogP contribution >= 0.6 is 0 Å². The van der Waals surface area contributed by atoms with Crippen LogP contribution in [0.3, 0.4) is 0 Å². The van der Waals surface area contributed by atoms with Crippen LogP contribution in [-0.2, 0) is 6.54 Å². The number of nitrogens with one attached hydrogen (secondary N) is 2. The van der Waals surface area contributed by atoms with Crippen LogP contribution in [0.4, 0.5) is 11.8 Å². The average Bonchev–Trinajstić information content (AvgIpc) is 3.03. The van der Waals surface area contributed by atoms with E-state index in [4.69, 9.17) is 0 Å². The standard InChI is InChI=1S/C16H21N5/c1-17-14-8-10-21(12-14)15-7-9-18-16(20-15)19-11-13-5-3-2-4-6-13/h2-7,9,14,17H,8,10-12H2,1H3,(H,18,19,20). The molecule has 2 N–H and O–H groups in total. The molecule has 0 bridgehead atoms. The van der Waals surface area contributed by atoms with E-state index in [1.165, 1.54) is 5.56 Å². The molecular weight excluding hydrogens is 262 g/mol. The lowest BCUT2D eigenvalue weighted by atomic mass is 10.2. The second-order valence-electron chi connectivity index (χ2n) is 5.30. The van der Waals surface area contributed by atoms with Gasteiger partial charge in [-0.1, -0.05) is 30.3 Å². The molecule has 5 heteroatoms. The summed E-state index contributed by atoms with van der Waals surface area (Å²) in [6, 6.07) is 12.8. The summed E-state index contributed by atoms with van der Waals surface area (Å²) in [6.07, 6.45) is 2.98. The fourth-order valence-corrected chi connectivity index (χ4v) is 2.59. The second kappa shape index (κ2) is 6.54. The third kappa shape index (κ3) is 3.49. The van der Waals surface area contributed by atoms with Gasteiger partial charge in [0, 0.05) is 31.9 Å². The van der Waals surface area contributed by atoms with E-state index in [0.29, 0.717) is 12.0 Å². The van der Waals surface area contributed by atoms with Crippen molar-refractivity contribution in [2.75, 3.05) is 30.4 Å². The maximum Gasteiger partial charge on any atom is 0.224 e. The van der Waals surface area contributed by atoms with Crippen LogP contribution in [-0.4, -0.2) is 36.1 Å². The highest BCUT2D eigenvalue weighted by atomic mass is 15.3. The van der Waals surface area contributed by atoms with Crippen molar-refractivity contribution in [3.8, 4) is 0 Å². The lowest BCUT2D eigenvalue weighted by molar-refractivity contribution is 0.616. The maximum absolute atomic E-state index is 4.61. The number of anilines is 2. The molecule has 5 nitrogen and oxygen atoms in total. The van der Waals surface area contributed by atoms with Gasteiger partial charge in [-0.05, 0) is 25.1 Å².